The van der Waals surface area contributed by atoms with Crippen molar-refractivity contribution in [2.75, 3.05) is 6.54 Å². The average Bonchev–Trinajstić information content (AvgIpc) is 2.20. The molecule has 0 radical (unpaired) electrons. The maximum absolute atomic E-state index is 6.03. The van der Waals surface area contributed by atoms with E-state index in [1.807, 2.05) is 18.2 Å². The molecule has 0 fully saturated rings. The fourth-order valence-corrected chi connectivity index (χ4v) is 1.64. The molecule has 1 aromatic carbocycles. The maximum Gasteiger partial charge on any atom is 0.0479 e. The van der Waals surface area contributed by atoms with Crippen molar-refractivity contribution < 1.29 is 0 Å². The van der Waals surface area contributed by atoms with Crippen LogP contribution in [0.3, 0.4) is 0 Å². The number of hydrogen-bond acceptors (Lipinski definition) is 1. The van der Waals surface area contributed by atoms with E-state index in [-0.39, 0.29) is 0 Å². The largest absolute Gasteiger partial charge is 0.311 e. The predicted octanol–water partition coefficient (Wildman–Crippen LogP) is 4.00. The van der Waals surface area contributed by atoms with E-state index in [9.17, 15) is 0 Å². The second kappa shape index (κ2) is 6.16. The standard InChI is InChI=1S/C12H15Cl2N/c1-3-15-9(2)4-5-10-8-11(13)6-7-12(10)14/h4-9,15H,3H2,1-2H3/b5-4+. The van der Waals surface area contributed by atoms with Crippen LogP contribution in [0.25, 0.3) is 6.08 Å². The third-order valence-electron chi connectivity index (χ3n) is 2.05. The highest BCUT2D eigenvalue weighted by Crippen LogP contribution is 2.21. The van der Waals surface area contributed by atoms with Gasteiger partial charge in [-0.15, -0.1) is 0 Å². The lowest BCUT2D eigenvalue weighted by Crippen LogP contribution is -2.22. The van der Waals surface area contributed by atoms with Gasteiger partial charge in [0.05, 0.1) is 0 Å². The highest BCUT2D eigenvalue weighted by atomic mass is 35.5. The monoisotopic (exact) mass is 243 g/mol. The Hall–Kier alpha value is -0.500. The summed E-state index contributed by atoms with van der Waals surface area (Å²) in [6.07, 6.45) is 4.06. The molecular formula is C12H15Cl2N. The van der Waals surface area contributed by atoms with E-state index in [2.05, 4.69) is 25.2 Å². The molecule has 0 aliphatic heterocycles. The number of benzene rings is 1. The molecule has 1 N–H and O–H groups in total. The van der Waals surface area contributed by atoms with Crippen LogP contribution in [0.2, 0.25) is 10.0 Å². The lowest BCUT2D eigenvalue weighted by Gasteiger charge is -2.06. The van der Waals surface area contributed by atoms with E-state index >= 15 is 0 Å². The Balaban J connectivity index is 2.75. The fraction of sp³-hybridized carbons (Fsp3) is 0.333. The van der Waals surface area contributed by atoms with Crippen molar-refractivity contribution in [1.82, 2.24) is 5.32 Å². The molecule has 0 aliphatic carbocycles. The van der Waals surface area contributed by atoms with Gasteiger partial charge in [-0.05, 0) is 37.2 Å². The SMILES string of the molecule is CCNC(C)/C=C/c1cc(Cl)ccc1Cl. The number of nitrogens with one attached hydrogen (secondary N) is 1. The maximum atomic E-state index is 6.03. The number of hydrogen-bond donors (Lipinski definition) is 1. The van der Waals surface area contributed by atoms with E-state index in [1.54, 1.807) is 6.07 Å². The summed E-state index contributed by atoms with van der Waals surface area (Å²) < 4.78 is 0. The van der Waals surface area contributed by atoms with E-state index in [1.165, 1.54) is 0 Å². The van der Waals surface area contributed by atoms with Gasteiger partial charge >= 0.3 is 0 Å². The number of halogens is 2. The molecule has 1 aromatic rings. The Morgan fingerprint density at radius 3 is 2.80 bits per heavy atom. The smallest absolute Gasteiger partial charge is 0.0479 e. The van der Waals surface area contributed by atoms with E-state index < -0.39 is 0 Å². The Kier molecular flexibility index (Phi) is 5.16. The first-order chi connectivity index (χ1) is 7.13. The molecular weight excluding hydrogens is 229 g/mol. The van der Waals surface area contributed by atoms with Crippen LogP contribution in [0.4, 0.5) is 0 Å². The van der Waals surface area contributed by atoms with Gasteiger partial charge in [0.1, 0.15) is 0 Å². The van der Waals surface area contributed by atoms with Crippen molar-refractivity contribution in [3.05, 3.63) is 39.9 Å². The summed E-state index contributed by atoms with van der Waals surface area (Å²) >= 11 is 11.9. The summed E-state index contributed by atoms with van der Waals surface area (Å²) in [5.41, 5.74) is 0.953. The molecule has 0 aliphatic rings. The van der Waals surface area contributed by atoms with Crippen LogP contribution < -0.4 is 5.32 Å². The molecule has 3 heteroatoms. The second-order valence-electron chi connectivity index (χ2n) is 3.37. The summed E-state index contributed by atoms with van der Waals surface area (Å²) in [5, 5.41) is 4.71. The van der Waals surface area contributed by atoms with Gasteiger partial charge < -0.3 is 5.32 Å². The van der Waals surface area contributed by atoms with Crippen LogP contribution >= 0.6 is 23.2 Å². The third kappa shape index (κ3) is 4.25. The molecule has 0 heterocycles. The van der Waals surface area contributed by atoms with Gasteiger partial charge in [-0.25, -0.2) is 0 Å². The summed E-state index contributed by atoms with van der Waals surface area (Å²) in [7, 11) is 0. The Morgan fingerprint density at radius 2 is 2.13 bits per heavy atom. The van der Waals surface area contributed by atoms with Crippen molar-refractivity contribution in [3.8, 4) is 0 Å². The summed E-state index contributed by atoms with van der Waals surface area (Å²) in [4.78, 5) is 0. The molecule has 0 bridgehead atoms. The molecule has 15 heavy (non-hydrogen) atoms. The van der Waals surface area contributed by atoms with Crippen LogP contribution in [0.15, 0.2) is 24.3 Å². The Labute approximate surface area is 101 Å². The van der Waals surface area contributed by atoms with E-state index in [0.29, 0.717) is 11.1 Å². The van der Waals surface area contributed by atoms with Gasteiger partial charge in [0.15, 0.2) is 0 Å². The van der Waals surface area contributed by atoms with Gasteiger partial charge in [-0.2, -0.15) is 0 Å². The minimum Gasteiger partial charge on any atom is -0.311 e. The topological polar surface area (TPSA) is 12.0 Å². The normalized spacial score (nSPS) is 13.3. The van der Waals surface area contributed by atoms with Crippen LogP contribution in [-0.2, 0) is 0 Å². The van der Waals surface area contributed by atoms with Gasteiger partial charge in [-0.3, -0.25) is 0 Å². The molecule has 82 valence electrons. The molecule has 0 saturated heterocycles. The molecule has 0 saturated carbocycles. The lowest BCUT2D eigenvalue weighted by atomic mass is 10.2. The Bertz CT molecular complexity index is 347. The second-order valence-corrected chi connectivity index (χ2v) is 4.21. The van der Waals surface area contributed by atoms with Gasteiger partial charge in [0.25, 0.3) is 0 Å². The van der Waals surface area contributed by atoms with Crippen LogP contribution in [0.5, 0.6) is 0 Å². The minimum absolute atomic E-state index is 0.338. The zero-order valence-corrected chi connectivity index (χ0v) is 10.4. The molecule has 1 atom stereocenters. The van der Waals surface area contributed by atoms with E-state index in [4.69, 9.17) is 23.2 Å². The molecule has 1 rings (SSSR count). The fourth-order valence-electron chi connectivity index (χ4n) is 1.28. The zero-order valence-electron chi connectivity index (χ0n) is 8.93. The first-order valence-electron chi connectivity index (χ1n) is 5.00. The van der Waals surface area contributed by atoms with Crippen LogP contribution in [0.1, 0.15) is 19.4 Å². The summed E-state index contributed by atoms with van der Waals surface area (Å²) in [6, 6.07) is 5.79. The minimum atomic E-state index is 0.338. The van der Waals surface area contributed by atoms with Crippen molar-refractivity contribution in [2.45, 2.75) is 19.9 Å². The van der Waals surface area contributed by atoms with Crippen molar-refractivity contribution in [1.29, 1.82) is 0 Å². The highest BCUT2D eigenvalue weighted by molar-refractivity contribution is 6.34. The quantitative estimate of drug-likeness (QED) is 0.843. The number of rotatable bonds is 4. The number of likely N-dealkylation sites (N-methyl/N-ethyl adjacent to an activating group) is 1. The highest BCUT2D eigenvalue weighted by Gasteiger charge is 1.98. The first kappa shape index (κ1) is 12.6. The van der Waals surface area contributed by atoms with Crippen LogP contribution in [-0.4, -0.2) is 12.6 Å². The molecule has 0 amide bonds. The summed E-state index contributed by atoms with van der Waals surface area (Å²) in [6.45, 7) is 5.13. The van der Waals surface area contributed by atoms with Crippen molar-refractivity contribution in [3.63, 3.8) is 0 Å². The average molecular weight is 244 g/mol. The Morgan fingerprint density at radius 1 is 1.40 bits per heavy atom. The van der Waals surface area contributed by atoms with Crippen molar-refractivity contribution >= 4 is 29.3 Å². The molecule has 0 aromatic heterocycles. The van der Waals surface area contributed by atoms with Crippen molar-refractivity contribution in [2.24, 2.45) is 0 Å². The zero-order chi connectivity index (χ0) is 11.3. The van der Waals surface area contributed by atoms with Crippen LogP contribution in [0, 0.1) is 0 Å². The summed E-state index contributed by atoms with van der Waals surface area (Å²) in [5.74, 6) is 0. The molecule has 0 spiro atoms. The third-order valence-corrected chi connectivity index (χ3v) is 2.63. The first-order valence-corrected chi connectivity index (χ1v) is 5.75. The van der Waals surface area contributed by atoms with Gasteiger partial charge in [-0.1, -0.05) is 42.3 Å². The van der Waals surface area contributed by atoms with Gasteiger partial charge in [0, 0.05) is 16.1 Å². The predicted molar refractivity (Wildman–Crippen MR) is 68.6 cm³/mol. The molecule has 1 unspecified atom stereocenters. The van der Waals surface area contributed by atoms with Gasteiger partial charge in [0.2, 0.25) is 0 Å². The van der Waals surface area contributed by atoms with E-state index in [0.717, 1.165) is 17.1 Å². The lowest BCUT2D eigenvalue weighted by molar-refractivity contribution is 0.663. The molecule has 1 nitrogen and oxygen atoms in total.